The molecule has 2 saturated heterocycles. The number of piperazine rings is 1. The summed E-state index contributed by atoms with van der Waals surface area (Å²) >= 11 is 0. The molecule has 10 heteroatoms. The number of carbonyl (C=O) groups is 1. The van der Waals surface area contributed by atoms with E-state index >= 15 is 0 Å². The van der Waals surface area contributed by atoms with Crippen LogP contribution in [-0.4, -0.2) is 63.1 Å². The van der Waals surface area contributed by atoms with Gasteiger partial charge in [0, 0.05) is 37.9 Å². The molecule has 0 spiro atoms. The Balaban J connectivity index is 1.52. The number of urea groups is 1. The van der Waals surface area contributed by atoms with Gasteiger partial charge in [0.1, 0.15) is 0 Å². The molecule has 0 bridgehead atoms. The molecule has 2 aliphatic rings. The van der Waals surface area contributed by atoms with E-state index in [0.717, 1.165) is 12.1 Å². The Kier molecular flexibility index (Phi) is 5.05. The number of halogens is 3. The number of nitrogens with zero attached hydrogens (tertiary/aromatic N) is 2. The topological polar surface area (TPSA) is 69.7 Å². The quantitative estimate of drug-likeness (QED) is 0.834. The molecule has 2 amide bonds. The first kappa shape index (κ1) is 18.8. The molecule has 2 fully saturated rings. The first-order valence-corrected chi connectivity index (χ1v) is 10.1. The van der Waals surface area contributed by atoms with Crippen LogP contribution < -0.4 is 10.2 Å². The van der Waals surface area contributed by atoms with Crippen molar-refractivity contribution in [1.82, 2.24) is 10.2 Å². The maximum atomic E-state index is 12.6. The fraction of sp³-hybridized carbons (Fsp3) is 0.562. The van der Waals surface area contributed by atoms with Crippen molar-refractivity contribution in [2.45, 2.75) is 18.6 Å². The van der Waals surface area contributed by atoms with Gasteiger partial charge < -0.3 is 15.1 Å². The van der Waals surface area contributed by atoms with Crippen LogP contribution in [0.1, 0.15) is 12.0 Å². The van der Waals surface area contributed by atoms with Crippen molar-refractivity contribution in [2.75, 3.05) is 42.6 Å². The minimum atomic E-state index is -4.36. The third-order valence-corrected chi connectivity index (χ3v) is 6.45. The van der Waals surface area contributed by atoms with Gasteiger partial charge in [-0.05, 0) is 30.7 Å². The second-order valence-corrected chi connectivity index (χ2v) is 8.80. The molecular weight excluding hydrogens is 371 g/mol. The SMILES string of the molecule is O=C(NC1CCS(=O)(=O)C1)N1CCN(c2ccc(C(F)(F)F)cc2)CC1. The van der Waals surface area contributed by atoms with Gasteiger partial charge in [-0.15, -0.1) is 0 Å². The summed E-state index contributed by atoms with van der Waals surface area (Å²) in [5, 5.41) is 2.75. The summed E-state index contributed by atoms with van der Waals surface area (Å²) < 4.78 is 60.7. The third kappa shape index (κ3) is 4.40. The van der Waals surface area contributed by atoms with Gasteiger partial charge in [-0.3, -0.25) is 0 Å². The van der Waals surface area contributed by atoms with Gasteiger partial charge in [0.15, 0.2) is 9.84 Å². The van der Waals surface area contributed by atoms with Crippen molar-refractivity contribution in [3.05, 3.63) is 29.8 Å². The zero-order chi connectivity index (χ0) is 18.9. The van der Waals surface area contributed by atoms with E-state index in [4.69, 9.17) is 0 Å². The second-order valence-electron chi connectivity index (χ2n) is 6.57. The fourth-order valence-corrected chi connectivity index (χ4v) is 4.88. The normalized spacial score (nSPS) is 23.1. The van der Waals surface area contributed by atoms with Gasteiger partial charge >= 0.3 is 12.2 Å². The molecule has 0 radical (unpaired) electrons. The van der Waals surface area contributed by atoms with Crippen LogP contribution in [0.3, 0.4) is 0 Å². The molecule has 1 aromatic carbocycles. The van der Waals surface area contributed by atoms with Gasteiger partial charge in [0.25, 0.3) is 0 Å². The third-order valence-electron chi connectivity index (χ3n) is 4.69. The molecule has 1 N–H and O–H groups in total. The van der Waals surface area contributed by atoms with Gasteiger partial charge in [-0.25, -0.2) is 13.2 Å². The van der Waals surface area contributed by atoms with Crippen molar-refractivity contribution < 1.29 is 26.4 Å². The first-order chi connectivity index (χ1) is 12.1. The number of benzene rings is 1. The van der Waals surface area contributed by atoms with Crippen LogP contribution in [-0.2, 0) is 16.0 Å². The monoisotopic (exact) mass is 391 g/mol. The van der Waals surface area contributed by atoms with Crippen LogP contribution in [0.25, 0.3) is 0 Å². The predicted molar refractivity (Wildman–Crippen MR) is 90.8 cm³/mol. The molecule has 2 heterocycles. The van der Waals surface area contributed by atoms with Crippen molar-refractivity contribution >= 4 is 21.6 Å². The summed E-state index contributed by atoms with van der Waals surface area (Å²) in [6.07, 6.45) is -3.93. The highest BCUT2D eigenvalue weighted by atomic mass is 32.2. The van der Waals surface area contributed by atoms with Crippen LogP contribution in [0.4, 0.5) is 23.7 Å². The molecule has 1 unspecified atom stereocenters. The lowest BCUT2D eigenvalue weighted by atomic mass is 10.1. The number of hydrogen-bond donors (Lipinski definition) is 1. The van der Waals surface area contributed by atoms with E-state index in [9.17, 15) is 26.4 Å². The van der Waals surface area contributed by atoms with Crippen molar-refractivity contribution in [3.63, 3.8) is 0 Å². The minimum Gasteiger partial charge on any atom is -0.368 e. The minimum absolute atomic E-state index is 0.0236. The smallest absolute Gasteiger partial charge is 0.368 e. The van der Waals surface area contributed by atoms with E-state index < -0.39 is 21.6 Å². The Morgan fingerprint density at radius 1 is 1.08 bits per heavy atom. The highest BCUT2D eigenvalue weighted by molar-refractivity contribution is 7.91. The predicted octanol–water partition coefficient (Wildman–Crippen LogP) is 1.72. The molecule has 3 rings (SSSR count). The lowest BCUT2D eigenvalue weighted by Crippen LogP contribution is -2.53. The van der Waals surface area contributed by atoms with Crippen molar-refractivity contribution in [2.24, 2.45) is 0 Å². The van der Waals surface area contributed by atoms with E-state index in [-0.39, 0.29) is 23.6 Å². The zero-order valence-electron chi connectivity index (χ0n) is 14.0. The Morgan fingerprint density at radius 3 is 2.19 bits per heavy atom. The van der Waals surface area contributed by atoms with Crippen LogP contribution in [0.5, 0.6) is 0 Å². The number of sulfone groups is 1. The van der Waals surface area contributed by atoms with Crippen LogP contribution in [0.15, 0.2) is 24.3 Å². The fourth-order valence-electron chi connectivity index (χ4n) is 3.20. The lowest BCUT2D eigenvalue weighted by Gasteiger charge is -2.36. The summed E-state index contributed by atoms with van der Waals surface area (Å²) in [7, 11) is -3.05. The molecule has 6 nitrogen and oxygen atoms in total. The zero-order valence-corrected chi connectivity index (χ0v) is 14.8. The number of amides is 2. The van der Waals surface area contributed by atoms with E-state index in [0.29, 0.717) is 38.3 Å². The number of hydrogen-bond acceptors (Lipinski definition) is 4. The van der Waals surface area contributed by atoms with Gasteiger partial charge in [-0.2, -0.15) is 13.2 Å². The molecule has 144 valence electrons. The van der Waals surface area contributed by atoms with Crippen LogP contribution in [0.2, 0.25) is 0 Å². The maximum absolute atomic E-state index is 12.6. The Bertz CT molecular complexity index is 757. The number of anilines is 1. The average Bonchev–Trinajstić information content (AvgIpc) is 2.93. The number of carbonyl (C=O) groups excluding carboxylic acids is 1. The first-order valence-electron chi connectivity index (χ1n) is 8.32. The molecule has 1 aromatic rings. The van der Waals surface area contributed by atoms with E-state index in [2.05, 4.69) is 5.32 Å². The van der Waals surface area contributed by atoms with E-state index in [1.807, 2.05) is 4.90 Å². The van der Waals surface area contributed by atoms with E-state index in [1.54, 1.807) is 4.90 Å². The number of alkyl halides is 3. The highest BCUT2D eigenvalue weighted by Crippen LogP contribution is 2.30. The molecule has 26 heavy (non-hydrogen) atoms. The van der Waals surface area contributed by atoms with Crippen molar-refractivity contribution in [3.8, 4) is 0 Å². The molecule has 1 atom stereocenters. The summed E-state index contributed by atoms with van der Waals surface area (Å²) in [5.41, 5.74) is -0.00859. The number of nitrogens with one attached hydrogen (secondary N) is 1. The Morgan fingerprint density at radius 2 is 1.69 bits per heavy atom. The maximum Gasteiger partial charge on any atom is 0.416 e. The molecule has 0 aromatic heterocycles. The van der Waals surface area contributed by atoms with Gasteiger partial charge in [0.05, 0.1) is 17.1 Å². The number of rotatable bonds is 2. The van der Waals surface area contributed by atoms with Gasteiger partial charge in [-0.1, -0.05) is 0 Å². The summed E-state index contributed by atoms with van der Waals surface area (Å²) in [5.74, 6) is 0.0733. The summed E-state index contributed by atoms with van der Waals surface area (Å²) in [4.78, 5) is 15.8. The second kappa shape index (κ2) is 6.98. The highest BCUT2D eigenvalue weighted by Gasteiger charge is 2.32. The molecule has 0 saturated carbocycles. The van der Waals surface area contributed by atoms with Crippen molar-refractivity contribution in [1.29, 1.82) is 0 Å². The average molecular weight is 391 g/mol. The molecular formula is C16H20F3N3O3S. The summed E-state index contributed by atoms with van der Waals surface area (Å²) in [6.45, 7) is 1.85. The molecule has 0 aliphatic carbocycles. The lowest BCUT2D eigenvalue weighted by molar-refractivity contribution is -0.137. The Hall–Kier alpha value is -1.97. The Labute approximate surface area is 149 Å². The largest absolute Gasteiger partial charge is 0.416 e. The van der Waals surface area contributed by atoms with Crippen LogP contribution in [0, 0.1) is 0 Å². The van der Waals surface area contributed by atoms with Gasteiger partial charge in [0.2, 0.25) is 0 Å². The standard InChI is InChI=1S/C16H20F3N3O3S/c17-16(18,19)12-1-3-14(4-2-12)21-6-8-22(9-7-21)15(23)20-13-5-10-26(24,25)11-13/h1-4,13H,5-11H2,(H,20,23). The molecule has 2 aliphatic heterocycles. The van der Waals surface area contributed by atoms with Crippen LogP contribution >= 0.6 is 0 Å². The van der Waals surface area contributed by atoms with E-state index in [1.165, 1.54) is 12.1 Å². The summed E-state index contributed by atoms with van der Waals surface area (Å²) in [6, 6.07) is 4.33.